The molecule has 5 nitrogen and oxygen atoms in total. The molecule has 8 heteroatoms. The summed E-state index contributed by atoms with van der Waals surface area (Å²) in [7, 11) is 0. The van der Waals surface area contributed by atoms with Crippen LogP contribution in [-0.2, 0) is 16.2 Å². The minimum absolute atomic E-state index is 0.0772. The van der Waals surface area contributed by atoms with Gasteiger partial charge in [-0.2, -0.15) is 8.78 Å². The standard InChI is InChI=1S/C17H21F2N3O2S/c1-2-24-15(23)12-7-9-20(10-8-12)11-21-13-5-3-4-6-14(13)22(16(18)19)17(21)25/h3-6,12,16H,2,7-11H2,1H3. The molecule has 0 bridgehead atoms. The Labute approximate surface area is 149 Å². The number of hydrogen-bond acceptors (Lipinski definition) is 4. The van der Waals surface area contributed by atoms with Gasteiger partial charge in [-0.25, -0.2) is 0 Å². The van der Waals surface area contributed by atoms with Gasteiger partial charge in [0, 0.05) is 13.1 Å². The van der Waals surface area contributed by atoms with Crippen LogP contribution in [0.3, 0.4) is 0 Å². The number of carbonyl (C=O) groups is 1. The second-order valence-electron chi connectivity index (χ2n) is 6.13. The molecule has 1 saturated heterocycles. The van der Waals surface area contributed by atoms with E-state index in [1.54, 1.807) is 29.7 Å². The minimum Gasteiger partial charge on any atom is -0.466 e. The van der Waals surface area contributed by atoms with E-state index in [0.29, 0.717) is 50.2 Å². The van der Waals surface area contributed by atoms with Gasteiger partial charge in [-0.1, -0.05) is 12.1 Å². The number of hydrogen-bond donors (Lipinski definition) is 0. The van der Waals surface area contributed by atoms with Crippen molar-refractivity contribution < 1.29 is 18.3 Å². The first kappa shape index (κ1) is 18.0. The third-order valence-electron chi connectivity index (χ3n) is 4.61. The minimum atomic E-state index is -2.67. The van der Waals surface area contributed by atoms with Gasteiger partial charge in [-0.05, 0) is 44.1 Å². The highest BCUT2D eigenvalue weighted by molar-refractivity contribution is 7.71. The van der Waals surface area contributed by atoms with Gasteiger partial charge in [0.15, 0.2) is 4.77 Å². The van der Waals surface area contributed by atoms with E-state index in [0.717, 1.165) is 4.57 Å². The Balaban J connectivity index is 1.78. The van der Waals surface area contributed by atoms with Gasteiger partial charge in [0.25, 0.3) is 0 Å². The van der Waals surface area contributed by atoms with Crippen molar-refractivity contribution in [2.45, 2.75) is 33.0 Å². The molecular weight excluding hydrogens is 348 g/mol. The third-order valence-corrected chi connectivity index (χ3v) is 5.03. The Hall–Kier alpha value is -1.80. The van der Waals surface area contributed by atoms with Gasteiger partial charge in [-0.15, -0.1) is 0 Å². The van der Waals surface area contributed by atoms with E-state index in [4.69, 9.17) is 17.0 Å². The van der Waals surface area contributed by atoms with Gasteiger partial charge in [-0.3, -0.25) is 14.3 Å². The summed E-state index contributed by atoms with van der Waals surface area (Å²) in [4.78, 5) is 14.0. The zero-order chi connectivity index (χ0) is 18.0. The molecule has 1 aliphatic heterocycles. The van der Waals surface area contributed by atoms with Gasteiger partial charge in [0.05, 0.1) is 30.2 Å². The Bertz CT molecular complexity index is 810. The Morgan fingerprint density at radius 2 is 1.92 bits per heavy atom. The molecule has 2 heterocycles. The summed E-state index contributed by atoms with van der Waals surface area (Å²) in [6.07, 6.45) is 1.42. The second-order valence-corrected chi connectivity index (χ2v) is 6.50. The lowest BCUT2D eigenvalue weighted by atomic mass is 9.97. The van der Waals surface area contributed by atoms with Crippen LogP contribution in [0.25, 0.3) is 11.0 Å². The van der Waals surface area contributed by atoms with Crippen molar-refractivity contribution >= 4 is 29.2 Å². The van der Waals surface area contributed by atoms with E-state index in [2.05, 4.69) is 4.90 Å². The molecule has 3 rings (SSSR count). The summed E-state index contributed by atoms with van der Waals surface area (Å²) in [5.41, 5.74) is 1.13. The number of likely N-dealkylation sites (tertiary alicyclic amines) is 1. The number of alkyl halides is 2. The smallest absolute Gasteiger partial charge is 0.321 e. The van der Waals surface area contributed by atoms with Crippen LogP contribution in [0.1, 0.15) is 26.3 Å². The fourth-order valence-corrected chi connectivity index (χ4v) is 3.66. The van der Waals surface area contributed by atoms with Gasteiger partial charge < -0.3 is 9.30 Å². The van der Waals surface area contributed by atoms with Crippen molar-refractivity contribution in [2.75, 3.05) is 19.7 Å². The van der Waals surface area contributed by atoms with Crippen molar-refractivity contribution in [1.82, 2.24) is 14.0 Å². The zero-order valence-electron chi connectivity index (χ0n) is 14.0. The number of aromatic nitrogens is 2. The predicted molar refractivity (Wildman–Crippen MR) is 92.9 cm³/mol. The maximum absolute atomic E-state index is 13.4. The maximum Gasteiger partial charge on any atom is 0.321 e. The Morgan fingerprint density at radius 3 is 2.52 bits per heavy atom. The molecule has 0 spiro atoms. The van der Waals surface area contributed by atoms with Crippen LogP contribution in [-0.4, -0.2) is 39.7 Å². The zero-order valence-corrected chi connectivity index (χ0v) is 14.8. The molecule has 1 aromatic carbocycles. The van der Waals surface area contributed by atoms with Crippen LogP contribution in [0, 0.1) is 10.7 Å². The molecule has 1 aromatic heterocycles. The monoisotopic (exact) mass is 369 g/mol. The van der Waals surface area contributed by atoms with E-state index < -0.39 is 6.55 Å². The van der Waals surface area contributed by atoms with E-state index in [1.807, 2.05) is 6.07 Å². The summed E-state index contributed by atoms with van der Waals surface area (Å²) in [5, 5.41) is 0. The van der Waals surface area contributed by atoms with Crippen molar-refractivity contribution in [3.8, 4) is 0 Å². The van der Waals surface area contributed by atoms with Crippen molar-refractivity contribution in [2.24, 2.45) is 5.92 Å². The first-order chi connectivity index (χ1) is 12.0. The molecule has 0 radical (unpaired) electrons. The average Bonchev–Trinajstić information content (AvgIpc) is 2.88. The summed E-state index contributed by atoms with van der Waals surface area (Å²) in [5.74, 6) is -0.223. The number of fused-ring (bicyclic) bond motifs is 1. The second kappa shape index (κ2) is 7.61. The van der Waals surface area contributed by atoms with Crippen LogP contribution in [0.15, 0.2) is 24.3 Å². The number of carbonyl (C=O) groups excluding carboxylic acids is 1. The first-order valence-corrected chi connectivity index (χ1v) is 8.80. The predicted octanol–water partition coefficient (Wildman–Crippen LogP) is 3.80. The van der Waals surface area contributed by atoms with Crippen LogP contribution >= 0.6 is 12.2 Å². The number of imidazole rings is 1. The number of para-hydroxylation sites is 2. The molecule has 0 amide bonds. The fourth-order valence-electron chi connectivity index (χ4n) is 3.33. The molecule has 136 valence electrons. The average molecular weight is 369 g/mol. The molecule has 1 aliphatic rings. The quantitative estimate of drug-likeness (QED) is 0.594. The van der Waals surface area contributed by atoms with Crippen LogP contribution in [0.4, 0.5) is 8.78 Å². The lowest BCUT2D eigenvalue weighted by Gasteiger charge is -2.31. The number of ether oxygens (including phenoxy) is 1. The summed E-state index contributed by atoms with van der Waals surface area (Å²) in [6, 6.07) is 7.00. The SMILES string of the molecule is CCOC(=O)C1CCN(Cn2c(=S)n(C(F)F)c3ccccc32)CC1. The Kier molecular flexibility index (Phi) is 5.48. The van der Waals surface area contributed by atoms with Crippen molar-refractivity contribution in [3.63, 3.8) is 0 Å². The van der Waals surface area contributed by atoms with Gasteiger partial charge in [0.1, 0.15) is 0 Å². The van der Waals surface area contributed by atoms with Gasteiger partial charge >= 0.3 is 12.5 Å². The van der Waals surface area contributed by atoms with E-state index in [9.17, 15) is 13.6 Å². The molecule has 0 aliphatic carbocycles. The van der Waals surface area contributed by atoms with Crippen molar-refractivity contribution in [3.05, 3.63) is 29.0 Å². The number of nitrogens with zero attached hydrogens (tertiary/aromatic N) is 3. The Morgan fingerprint density at radius 1 is 1.28 bits per heavy atom. The van der Waals surface area contributed by atoms with Crippen LogP contribution < -0.4 is 0 Å². The molecule has 0 saturated carbocycles. The number of halogens is 2. The molecule has 2 aromatic rings. The highest BCUT2D eigenvalue weighted by Crippen LogP contribution is 2.25. The van der Waals surface area contributed by atoms with E-state index in [1.165, 1.54) is 0 Å². The maximum atomic E-state index is 13.4. The largest absolute Gasteiger partial charge is 0.466 e. The molecule has 0 N–H and O–H groups in total. The number of rotatable bonds is 5. The highest BCUT2D eigenvalue weighted by atomic mass is 32.1. The lowest BCUT2D eigenvalue weighted by Crippen LogP contribution is -2.38. The van der Waals surface area contributed by atoms with Crippen molar-refractivity contribution in [1.29, 1.82) is 0 Å². The van der Waals surface area contributed by atoms with Crippen LogP contribution in [0.2, 0.25) is 0 Å². The molecule has 0 unspecified atom stereocenters. The third kappa shape index (κ3) is 3.59. The number of esters is 1. The normalized spacial score (nSPS) is 16.6. The molecule has 0 atom stereocenters. The van der Waals surface area contributed by atoms with E-state index in [-0.39, 0.29) is 16.7 Å². The van der Waals surface area contributed by atoms with Gasteiger partial charge in [0.2, 0.25) is 0 Å². The summed E-state index contributed by atoms with van der Waals surface area (Å²) < 4.78 is 34.6. The topological polar surface area (TPSA) is 39.4 Å². The first-order valence-electron chi connectivity index (χ1n) is 8.39. The molecule has 25 heavy (non-hydrogen) atoms. The summed E-state index contributed by atoms with van der Waals surface area (Å²) >= 11 is 5.28. The summed E-state index contributed by atoms with van der Waals surface area (Å²) in [6.45, 7) is 1.37. The lowest BCUT2D eigenvalue weighted by molar-refractivity contribution is -0.149. The number of benzene rings is 1. The molecular formula is C17H21F2N3O2S. The highest BCUT2D eigenvalue weighted by Gasteiger charge is 2.27. The fraction of sp³-hybridized carbons (Fsp3) is 0.529. The number of piperidine rings is 1. The van der Waals surface area contributed by atoms with E-state index >= 15 is 0 Å². The molecule has 1 fully saturated rings. The van der Waals surface area contributed by atoms with Crippen LogP contribution in [0.5, 0.6) is 0 Å².